The first-order chi connectivity index (χ1) is 15.5. The molecule has 6 nitrogen and oxygen atoms in total. The Morgan fingerprint density at radius 3 is 2.75 bits per heavy atom. The smallest absolute Gasteiger partial charge is 0.135 e. The standard InChI is InChI=1S/C22H28FN5.C3H6O/c1-3-4-5-11-19(24)20-14-21(25-18-10-6-9-17(23)13-18)27-22(26-20)16-8-7-12-28(2)15-16;1-2-3-4/h5-6,9-11,13-14,16,24H,3-4,7-8,12,15H2,1-2H3,(H,25,26,27);3H,2H2,1H3/b11-5-,24-19?;. The first kappa shape index (κ1) is 25.3. The summed E-state index contributed by atoms with van der Waals surface area (Å²) in [6.07, 6.45) is 9.43. The highest BCUT2D eigenvalue weighted by Crippen LogP contribution is 2.26. The molecule has 0 aliphatic carbocycles. The van der Waals surface area contributed by atoms with Gasteiger partial charge in [0.25, 0.3) is 0 Å². The van der Waals surface area contributed by atoms with Gasteiger partial charge >= 0.3 is 0 Å². The van der Waals surface area contributed by atoms with Crippen molar-refractivity contribution in [3.63, 3.8) is 0 Å². The minimum atomic E-state index is -0.302. The number of likely N-dealkylation sites (tertiary alicyclic amines) is 1. The fourth-order valence-electron chi connectivity index (χ4n) is 3.39. The van der Waals surface area contributed by atoms with E-state index in [0.717, 1.165) is 50.9 Å². The Hall–Kier alpha value is -2.93. The van der Waals surface area contributed by atoms with Crippen LogP contribution in [0.15, 0.2) is 42.5 Å². The van der Waals surface area contributed by atoms with Crippen molar-refractivity contribution in [1.82, 2.24) is 14.9 Å². The number of rotatable bonds is 8. The maximum atomic E-state index is 13.5. The lowest BCUT2D eigenvalue weighted by atomic mass is 9.97. The highest BCUT2D eigenvalue weighted by Gasteiger charge is 2.22. The number of hydrogen-bond donors (Lipinski definition) is 2. The van der Waals surface area contributed by atoms with Gasteiger partial charge in [0.15, 0.2) is 0 Å². The van der Waals surface area contributed by atoms with Gasteiger partial charge in [-0.2, -0.15) is 0 Å². The van der Waals surface area contributed by atoms with Crippen LogP contribution in [0.3, 0.4) is 0 Å². The lowest BCUT2D eigenvalue weighted by Crippen LogP contribution is -2.32. The molecule has 1 aromatic heterocycles. The van der Waals surface area contributed by atoms with Crippen LogP contribution in [0.25, 0.3) is 0 Å². The third-order valence-electron chi connectivity index (χ3n) is 5.01. The number of piperidine rings is 1. The van der Waals surface area contributed by atoms with Crippen molar-refractivity contribution < 1.29 is 9.18 Å². The SMILES string of the molecule is CCC/C=C\C(=N)c1cc(Nc2cccc(F)c2)nc(C2CCCN(C)C2)n1.CCC=O. The Balaban J connectivity index is 0.000000837. The van der Waals surface area contributed by atoms with E-state index in [1.165, 1.54) is 12.1 Å². The Bertz CT molecular complexity index is 915. The van der Waals surface area contributed by atoms with E-state index >= 15 is 0 Å². The number of likely N-dealkylation sites (N-methyl/N-ethyl adjacent to an activating group) is 1. The van der Waals surface area contributed by atoms with Crippen LogP contribution in [-0.2, 0) is 4.79 Å². The van der Waals surface area contributed by atoms with E-state index in [4.69, 9.17) is 15.4 Å². The molecule has 1 aromatic carbocycles. The molecular weight excluding hydrogens is 405 g/mol. The summed E-state index contributed by atoms with van der Waals surface area (Å²) in [5.74, 6) is 1.27. The second-order valence-electron chi connectivity index (χ2n) is 7.91. The summed E-state index contributed by atoms with van der Waals surface area (Å²) in [6.45, 7) is 5.91. The van der Waals surface area contributed by atoms with E-state index in [2.05, 4.69) is 24.2 Å². The van der Waals surface area contributed by atoms with Crippen LogP contribution in [0.4, 0.5) is 15.9 Å². The first-order valence-electron chi connectivity index (χ1n) is 11.3. The lowest BCUT2D eigenvalue weighted by molar-refractivity contribution is -0.107. The van der Waals surface area contributed by atoms with Crippen molar-refractivity contribution in [2.45, 2.75) is 51.9 Å². The molecule has 1 saturated heterocycles. The minimum absolute atomic E-state index is 0.235. The highest BCUT2D eigenvalue weighted by atomic mass is 19.1. The Morgan fingerprint density at radius 2 is 2.09 bits per heavy atom. The molecular formula is C25H34FN5O. The van der Waals surface area contributed by atoms with Crippen molar-refractivity contribution in [2.24, 2.45) is 0 Å². The molecule has 1 atom stereocenters. The molecule has 32 heavy (non-hydrogen) atoms. The number of nitrogens with one attached hydrogen (secondary N) is 2. The number of unbranched alkanes of at least 4 members (excludes halogenated alkanes) is 1. The van der Waals surface area contributed by atoms with Crippen molar-refractivity contribution in [1.29, 1.82) is 5.41 Å². The van der Waals surface area contributed by atoms with Crippen molar-refractivity contribution in [3.8, 4) is 0 Å². The number of nitrogens with zero attached hydrogens (tertiary/aromatic N) is 3. The maximum Gasteiger partial charge on any atom is 0.135 e. The minimum Gasteiger partial charge on any atom is -0.340 e. The van der Waals surface area contributed by atoms with Gasteiger partial charge in [0.2, 0.25) is 0 Å². The molecule has 1 aliphatic rings. The van der Waals surface area contributed by atoms with Crippen LogP contribution in [0.1, 0.15) is 63.4 Å². The molecule has 0 saturated carbocycles. The van der Waals surface area contributed by atoms with Crippen LogP contribution in [0.2, 0.25) is 0 Å². The molecule has 2 heterocycles. The predicted octanol–water partition coefficient (Wildman–Crippen LogP) is 5.49. The number of aromatic nitrogens is 2. The maximum absolute atomic E-state index is 13.5. The zero-order valence-electron chi connectivity index (χ0n) is 19.3. The van der Waals surface area contributed by atoms with E-state index in [9.17, 15) is 9.18 Å². The summed E-state index contributed by atoms with van der Waals surface area (Å²) in [5, 5.41) is 11.6. The molecule has 2 aromatic rings. The van der Waals surface area contributed by atoms with Gasteiger partial charge in [0, 0.05) is 30.6 Å². The quantitative estimate of drug-likeness (QED) is 0.420. The van der Waals surface area contributed by atoms with Gasteiger partial charge in [0.05, 0.1) is 11.4 Å². The van der Waals surface area contributed by atoms with Crippen LogP contribution >= 0.6 is 0 Å². The third kappa shape index (κ3) is 8.30. The lowest BCUT2D eigenvalue weighted by Gasteiger charge is -2.29. The van der Waals surface area contributed by atoms with E-state index in [-0.39, 0.29) is 11.7 Å². The molecule has 0 radical (unpaired) electrons. The molecule has 3 rings (SSSR count). The zero-order valence-corrected chi connectivity index (χ0v) is 19.3. The molecule has 1 fully saturated rings. The van der Waals surface area contributed by atoms with Gasteiger partial charge in [-0.3, -0.25) is 5.41 Å². The van der Waals surface area contributed by atoms with Crippen molar-refractivity contribution >= 4 is 23.5 Å². The molecule has 172 valence electrons. The van der Waals surface area contributed by atoms with Gasteiger partial charge in [0.1, 0.15) is 23.7 Å². The van der Waals surface area contributed by atoms with Crippen molar-refractivity contribution in [3.05, 3.63) is 59.8 Å². The molecule has 1 aliphatic heterocycles. The van der Waals surface area contributed by atoms with Gasteiger partial charge in [-0.15, -0.1) is 0 Å². The Kier molecular flexibility index (Phi) is 10.7. The van der Waals surface area contributed by atoms with E-state index in [1.807, 2.05) is 13.0 Å². The van der Waals surface area contributed by atoms with Gasteiger partial charge in [-0.1, -0.05) is 32.4 Å². The molecule has 2 N–H and O–H groups in total. The number of allylic oxidation sites excluding steroid dienone is 2. The van der Waals surface area contributed by atoms with E-state index < -0.39 is 0 Å². The Morgan fingerprint density at radius 1 is 1.31 bits per heavy atom. The van der Waals surface area contributed by atoms with Crippen LogP contribution in [0, 0.1) is 11.2 Å². The average Bonchev–Trinajstić information content (AvgIpc) is 2.79. The third-order valence-corrected chi connectivity index (χ3v) is 5.01. The van der Waals surface area contributed by atoms with E-state index in [1.54, 1.807) is 24.3 Å². The van der Waals surface area contributed by atoms with Crippen LogP contribution in [-0.4, -0.2) is 47.0 Å². The molecule has 1 unspecified atom stereocenters. The van der Waals surface area contributed by atoms with Gasteiger partial charge in [-0.05, 0) is 57.1 Å². The predicted molar refractivity (Wildman–Crippen MR) is 128 cm³/mol. The first-order valence-corrected chi connectivity index (χ1v) is 11.3. The number of benzene rings is 1. The zero-order chi connectivity index (χ0) is 23.3. The normalized spacial score (nSPS) is 16.3. The summed E-state index contributed by atoms with van der Waals surface area (Å²) in [6, 6.07) is 8.06. The molecule has 0 bridgehead atoms. The summed E-state index contributed by atoms with van der Waals surface area (Å²) in [4.78, 5) is 20.9. The summed E-state index contributed by atoms with van der Waals surface area (Å²) in [7, 11) is 2.11. The number of halogens is 1. The second kappa shape index (κ2) is 13.5. The van der Waals surface area contributed by atoms with Gasteiger partial charge < -0.3 is 15.0 Å². The Labute approximate surface area is 190 Å². The summed E-state index contributed by atoms with van der Waals surface area (Å²) in [5.41, 5.74) is 1.58. The number of aldehydes is 1. The topological polar surface area (TPSA) is 82.0 Å². The molecule has 0 spiro atoms. The van der Waals surface area contributed by atoms with Crippen LogP contribution in [0.5, 0.6) is 0 Å². The molecule has 0 amide bonds. The van der Waals surface area contributed by atoms with Gasteiger partial charge in [-0.25, -0.2) is 14.4 Å². The fraction of sp³-hybridized carbons (Fsp3) is 0.440. The number of hydrogen-bond acceptors (Lipinski definition) is 6. The van der Waals surface area contributed by atoms with Crippen LogP contribution < -0.4 is 5.32 Å². The largest absolute Gasteiger partial charge is 0.340 e. The summed E-state index contributed by atoms with van der Waals surface area (Å²) < 4.78 is 13.5. The number of carbonyl (C=O) groups is 1. The number of carbonyl (C=O) groups excluding carboxylic acids is 1. The van der Waals surface area contributed by atoms with Crippen molar-refractivity contribution in [2.75, 3.05) is 25.5 Å². The monoisotopic (exact) mass is 439 g/mol. The average molecular weight is 440 g/mol. The number of anilines is 2. The van der Waals surface area contributed by atoms with E-state index in [0.29, 0.717) is 29.3 Å². The summed E-state index contributed by atoms with van der Waals surface area (Å²) >= 11 is 0. The fourth-order valence-corrected chi connectivity index (χ4v) is 3.39. The highest BCUT2D eigenvalue weighted by molar-refractivity contribution is 6.05. The second-order valence-corrected chi connectivity index (χ2v) is 7.91. The molecule has 7 heteroatoms.